The van der Waals surface area contributed by atoms with Crippen LogP contribution in [0.3, 0.4) is 0 Å². The number of aromatic amines is 1. The Morgan fingerprint density at radius 3 is 2.78 bits per heavy atom. The first-order chi connectivity index (χ1) is 8.47. The van der Waals surface area contributed by atoms with Crippen LogP contribution in [-0.4, -0.2) is 24.6 Å². The number of hydrogen-bond donors (Lipinski definition) is 3. The molecule has 2 aromatic rings. The summed E-state index contributed by atoms with van der Waals surface area (Å²) >= 11 is 0. The third-order valence-corrected chi connectivity index (χ3v) is 3.59. The Bertz CT molecular complexity index is 635. The molecule has 2 rings (SSSR count). The van der Waals surface area contributed by atoms with E-state index >= 15 is 0 Å². The Balaban J connectivity index is 2.15. The topological polar surface area (TPSA) is 101 Å². The number of nitrogens with one attached hydrogen (secondary N) is 2. The molecule has 1 heterocycles. The normalized spacial score (nSPS) is 11.4. The molecule has 0 spiro atoms. The molecule has 1 aromatic heterocycles. The van der Waals surface area contributed by atoms with Gasteiger partial charge in [0, 0.05) is 12.5 Å². The molecule has 0 unspecified atom stereocenters. The van der Waals surface area contributed by atoms with Crippen molar-refractivity contribution in [1.29, 1.82) is 0 Å². The molecule has 0 saturated carbocycles. The van der Waals surface area contributed by atoms with Crippen LogP contribution >= 0.6 is 0 Å². The second-order valence-electron chi connectivity index (χ2n) is 3.95. The average Bonchev–Trinajstić information content (AvgIpc) is 2.79. The quantitative estimate of drug-likeness (QED) is 0.717. The second kappa shape index (κ2) is 4.69. The lowest BCUT2D eigenvalue weighted by atomic mass is 10.2. The first kappa shape index (κ1) is 12.4. The fourth-order valence-electron chi connectivity index (χ4n) is 1.50. The summed E-state index contributed by atoms with van der Waals surface area (Å²) in [6.07, 6.45) is 4.45. The maximum Gasteiger partial charge on any atom is 0.175 e. The lowest BCUT2D eigenvalue weighted by molar-refractivity contribution is 0.602. The van der Waals surface area contributed by atoms with Crippen molar-refractivity contribution in [3.8, 4) is 0 Å². The number of sulfone groups is 1. The van der Waals surface area contributed by atoms with Crippen LogP contribution < -0.4 is 11.1 Å². The van der Waals surface area contributed by atoms with Crippen LogP contribution in [0.15, 0.2) is 35.6 Å². The molecule has 0 bridgehead atoms. The molecule has 96 valence electrons. The minimum atomic E-state index is -3.22. The van der Waals surface area contributed by atoms with Gasteiger partial charge in [-0.1, -0.05) is 0 Å². The van der Waals surface area contributed by atoms with E-state index in [0.29, 0.717) is 17.9 Å². The molecule has 18 heavy (non-hydrogen) atoms. The minimum absolute atomic E-state index is 0.215. The van der Waals surface area contributed by atoms with Crippen LogP contribution in [0, 0.1) is 0 Å². The van der Waals surface area contributed by atoms with Crippen molar-refractivity contribution >= 4 is 21.2 Å². The van der Waals surface area contributed by atoms with Gasteiger partial charge >= 0.3 is 0 Å². The van der Waals surface area contributed by atoms with Crippen molar-refractivity contribution in [1.82, 2.24) is 9.97 Å². The molecule has 6 nitrogen and oxygen atoms in total. The summed E-state index contributed by atoms with van der Waals surface area (Å²) in [5, 5.41) is 3.10. The number of benzene rings is 1. The first-order valence-corrected chi connectivity index (χ1v) is 7.16. The van der Waals surface area contributed by atoms with E-state index in [0.717, 1.165) is 11.9 Å². The Morgan fingerprint density at radius 1 is 1.44 bits per heavy atom. The summed E-state index contributed by atoms with van der Waals surface area (Å²) in [5.41, 5.74) is 7.81. The standard InChI is InChI=1S/C11H14N4O2S/c1-18(16,17)9-2-3-11(10(12)4-9)14-6-8-5-13-7-15-8/h2-5,7,14H,6,12H2,1H3,(H,13,15). The van der Waals surface area contributed by atoms with Gasteiger partial charge in [0.1, 0.15) is 0 Å². The van der Waals surface area contributed by atoms with E-state index in [1.807, 2.05) is 0 Å². The number of nitrogen functional groups attached to an aromatic ring is 1. The van der Waals surface area contributed by atoms with Gasteiger partial charge in [0.2, 0.25) is 0 Å². The van der Waals surface area contributed by atoms with Crippen LogP contribution in [0.5, 0.6) is 0 Å². The van der Waals surface area contributed by atoms with Crippen LogP contribution in [0.2, 0.25) is 0 Å². The zero-order valence-electron chi connectivity index (χ0n) is 9.84. The Labute approximate surface area is 105 Å². The number of nitrogens with zero attached hydrogens (tertiary/aromatic N) is 1. The van der Waals surface area contributed by atoms with E-state index in [-0.39, 0.29) is 4.90 Å². The number of anilines is 2. The van der Waals surface area contributed by atoms with Crippen molar-refractivity contribution in [3.63, 3.8) is 0 Å². The maximum absolute atomic E-state index is 11.4. The number of imidazole rings is 1. The Hall–Kier alpha value is -2.02. The van der Waals surface area contributed by atoms with Gasteiger partial charge in [0.15, 0.2) is 9.84 Å². The molecule has 0 aliphatic carbocycles. The molecule has 0 aliphatic heterocycles. The zero-order valence-corrected chi connectivity index (χ0v) is 10.7. The lowest BCUT2D eigenvalue weighted by Gasteiger charge is -2.09. The maximum atomic E-state index is 11.4. The van der Waals surface area contributed by atoms with Crippen molar-refractivity contribution in [2.24, 2.45) is 0 Å². The van der Waals surface area contributed by atoms with Crippen molar-refractivity contribution in [2.75, 3.05) is 17.3 Å². The molecule has 7 heteroatoms. The predicted octanol–water partition coefficient (Wildman–Crippen LogP) is 1.01. The van der Waals surface area contributed by atoms with Gasteiger partial charge in [-0.25, -0.2) is 13.4 Å². The number of nitrogens with two attached hydrogens (primary N) is 1. The Kier molecular flexibility index (Phi) is 3.24. The van der Waals surface area contributed by atoms with E-state index in [9.17, 15) is 8.42 Å². The number of rotatable bonds is 4. The number of H-pyrrole nitrogens is 1. The largest absolute Gasteiger partial charge is 0.397 e. The molecule has 0 amide bonds. The average molecular weight is 266 g/mol. The smallest absolute Gasteiger partial charge is 0.175 e. The highest BCUT2D eigenvalue weighted by molar-refractivity contribution is 7.90. The van der Waals surface area contributed by atoms with Gasteiger partial charge in [0.05, 0.1) is 34.8 Å². The molecule has 0 radical (unpaired) electrons. The predicted molar refractivity (Wildman–Crippen MR) is 69.9 cm³/mol. The number of aromatic nitrogens is 2. The van der Waals surface area contributed by atoms with Gasteiger partial charge in [-0.2, -0.15) is 0 Å². The Morgan fingerprint density at radius 2 is 2.22 bits per heavy atom. The monoisotopic (exact) mass is 266 g/mol. The van der Waals surface area contributed by atoms with E-state index in [1.165, 1.54) is 12.1 Å². The molecule has 0 saturated heterocycles. The van der Waals surface area contributed by atoms with E-state index in [2.05, 4.69) is 15.3 Å². The van der Waals surface area contributed by atoms with Crippen LogP contribution in [0.25, 0.3) is 0 Å². The highest BCUT2D eigenvalue weighted by Crippen LogP contribution is 2.22. The summed E-state index contributed by atoms with van der Waals surface area (Å²) in [5.74, 6) is 0. The van der Waals surface area contributed by atoms with Crippen molar-refractivity contribution < 1.29 is 8.42 Å². The molecule has 4 N–H and O–H groups in total. The summed E-state index contributed by atoms with van der Waals surface area (Å²) in [6, 6.07) is 4.63. The summed E-state index contributed by atoms with van der Waals surface area (Å²) in [6.45, 7) is 0.544. The molecular weight excluding hydrogens is 252 g/mol. The van der Waals surface area contributed by atoms with Crippen LogP contribution in [-0.2, 0) is 16.4 Å². The summed E-state index contributed by atoms with van der Waals surface area (Å²) in [7, 11) is -3.22. The molecule has 0 aliphatic rings. The third-order valence-electron chi connectivity index (χ3n) is 2.48. The van der Waals surface area contributed by atoms with Gasteiger partial charge in [-0.15, -0.1) is 0 Å². The summed E-state index contributed by atoms with van der Waals surface area (Å²) in [4.78, 5) is 7.06. The van der Waals surface area contributed by atoms with Crippen molar-refractivity contribution in [2.45, 2.75) is 11.4 Å². The first-order valence-electron chi connectivity index (χ1n) is 5.27. The molecule has 0 fully saturated rings. The van der Waals surface area contributed by atoms with Gasteiger partial charge in [-0.3, -0.25) is 0 Å². The van der Waals surface area contributed by atoms with E-state index in [1.54, 1.807) is 18.6 Å². The molecule has 0 atom stereocenters. The van der Waals surface area contributed by atoms with Crippen molar-refractivity contribution in [3.05, 3.63) is 36.4 Å². The third kappa shape index (κ3) is 2.80. The van der Waals surface area contributed by atoms with Gasteiger partial charge in [0.25, 0.3) is 0 Å². The number of hydrogen-bond acceptors (Lipinski definition) is 5. The minimum Gasteiger partial charge on any atom is -0.397 e. The van der Waals surface area contributed by atoms with E-state index < -0.39 is 9.84 Å². The second-order valence-corrected chi connectivity index (χ2v) is 5.97. The highest BCUT2D eigenvalue weighted by atomic mass is 32.2. The van der Waals surface area contributed by atoms with Gasteiger partial charge in [-0.05, 0) is 18.2 Å². The zero-order chi connectivity index (χ0) is 13.2. The van der Waals surface area contributed by atoms with E-state index in [4.69, 9.17) is 5.73 Å². The van der Waals surface area contributed by atoms with Crippen LogP contribution in [0.1, 0.15) is 5.69 Å². The molecule has 1 aromatic carbocycles. The van der Waals surface area contributed by atoms with Gasteiger partial charge < -0.3 is 16.0 Å². The highest BCUT2D eigenvalue weighted by Gasteiger charge is 2.09. The SMILES string of the molecule is CS(=O)(=O)c1ccc(NCc2cnc[nH]2)c(N)c1. The fourth-order valence-corrected chi connectivity index (χ4v) is 2.16. The lowest BCUT2D eigenvalue weighted by Crippen LogP contribution is -2.04. The molecular formula is C11H14N4O2S. The summed E-state index contributed by atoms with van der Waals surface area (Å²) < 4.78 is 22.7. The van der Waals surface area contributed by atoms with Crippen LogP contribution in [0.4, 0.5) is 11.4 Å². The fraction of sp³-hybridized carbons (Fsp3) is 0.182.